The molecule has 0 bridgehead atoms. The number of hydrogen-bond acceptors (Lipinski definition) is 2. The van der Waals surface area contributed by atoms with Gasteiger partial charge in [-0.2, -0.15) is 0 Å². The largest absolute Gasteiger partial charge is 0.550 e. The Labute approximate surface area is 133 Å². The van der Waals surface area contributed by atoms with Crippen molar-refractivity contribution in [2.24, 2.45) is 0 Å². The van der Waals surface area contributed by atoms with E-state index in [4.69, 9.17) is 0 Å². The summed E-state index contributed by atoms with van der Waals surface area (Å²) in [6.45, 7) is 13.1. The lowest BCUT2D eigenvalue weighted by Gasteiger charge is -2.16. The van der Waals surface area contributed by atoms with Crippen LogP contribution in [-0.4, -0.2) is 25.6 Å². The molecule has 1 N–H and O–H groups in total. The minimum atomic E-state index is -0.916. The first-order valence-electron chi connectivity index (χ1n) is 9.15. The summed E-state index contributed by atoms with van der Waals surface area (Å²) < 4.78 is 0. The van der Waals surface area contributed by atoms with Gasteiger partial charge in [0, 0.05) is 5.97 Å². The van der Waals surface area contributed by atoms with Crippen LogP contribution in [0.1, 0.15) is 91.9 Å². The maximum Gasteiger partial charge on any atom is 0.0768 e. The van der Waals surface area contributed by atoms with Crippen LogP contribution in [0.4, 0.5) is 0 Å². The summed E-state index contributed by atoms with van der Waals surface area (Å²) in [5.74, 6) is -0.916. The van der Waals surface area contributed by atoms with Gasteiger partial charge in [0.2, 0.25) is 0 Å². The van der Waals surface area contributed by atoms with Gasteiger partial charge in [-0.15, -0.1) is 0 Å². The first kappa shape index (κ1) is 22.7. The minimum Gasteiger partial charge on any atom is -0.550 e. The van der Waals surface area contributed by atoms with Gasteiger partial charge in [0.1, 0.15) is 0 Å². The van der Waals surface area contributed by atoms with Gasteiger partial charge in [-0.1, -0.05) is 59.8 Å². The van der Waals surface area contributed by atoms with Gasteiger partial charge in [0.15, 0.2) is 0 Å². The van der Waals surface area contributed by atoms with E-state index in [9.17, 15) is 9.90 Å². The lowest BCUT2D eigenvalue weighted by molar-refractivity contribution is -0.900. The number of unbranched alkanes of at least 4 members (excludes halogenated alkanes) is 5. The number of rotatable bonds is 13. The van der Waals surface area contributed by atoms with Gasteiger partial charge < -0.3 is 14.8 Å². The Balaban J connectivity index is 0. The molecule has 0 unspecified atom stereocenters. The first-order valence-corrected chi connectivity index (χ1v) is 9.15. The molecule has 3 heteroatoms. The fraction of sp³-hybridized carbons (Fsp3) is 0.944. The van der Waals surface area contributed by atoms with E-state index in [-0.39, 0.29) is 6.42 Å². The predicted molar refractivity (Wildman–Crippen MR) is 89.4 cm³/mol. The van der Waals surface area contributed by atoms with Gasteiger partial charge in [-0.25, -0.2) is 0 Å². The number of aliphatic carboxylic acids is 1. The van der Waals surface area contributed by atoms with E-state index in [1.165, 1.54) is 64.6 Å². The summed E-state index contributed by atoms with van der Waals surface area (Å²) in [4.78, 5) is 11.8. The summed E-state index contributed by atoms with van der Waals surface area (Å²) in [6, 6.07) is 0. The number of quaternary nitrogens is 1. The molecule has 0 spiro atoms. The number of carbonyl (C=O) groups excluding carboxylic acids is 1. The third-order valence-corrected chi connectivity index (χ3v) is 3.55. The van der Waals surface area contributed by atoms with Crippen molar-refractivity contribution in [1.29, 1.82) is 0 Å². The molecule has 0 amide bonds. The van der Waals surface area contributed by atoms with Crippen molar-refractivity contribution in [3.8, 4) is 0 Å². The number of hydrogen-bond donors (Lipinski definition) is 1. The molecule has 0 aliphatic heterocycles. The summed E-state index contributed by atoms with van der Waals surface area (Å²) in [6.07, 6.45) is 10.9. The van der Waals surface area contributed by atoms with E-state index in [0.717, 1.165) is 12.8 Å². The van der Waals surface area contributed by atoms with Crippen molar-refractivity contribution >= 4 is 5.97 Å². The minimum absolute atomic E-state index is 0.228. The average Bonchev–Trinajstić information content (AvgIpc) is 2.44. The van der Waals surface area contributed by atoms with E-state index in [1.54, 1.807) is 4.90 Å². The van der Waals surface area contributed by atoms with Crippen LogP contribution < -0.4 is 10.0 Å². The second-order valence-electron chi connectivity index (χ2n) is 5.89. The molecule has 0 aromatic heterocycles. The lowest BCUT2D eigenvalue weighted by Crippen LogP contribution is -3.11. The first-order chi connectivity index (χ1) is 10.1. The molecule has 0 radical (unpaired) electrons. The van der Waals surface area contributed by atoms with E-state index in [0.29, 0.717) is 0 Å². The quantitative estimate of drug-likeness (QED) is 0.531. The van der Waals surface area contributed by atoms with Crippen LogP contribution in [0.3, 0.4) is 0 Å². The van der Waals surface area contributed by atoms with E-state index in [2.05, 4.69) is 27.7 Å². The smallest absolute Gasteiger partial charge is 0.0768 e. The van der Waals surface area contributed by atoms with Crippen LogP contribution in [0.25, 0.3) is 0 Å². The van der Waals surface area contributed by atoms with Crippen molar-refractivity contribution in [2.45, 2.75) is 91.9 Å². The lowest BCUT2D eigenvalue weighted by atomic mass is 10.1. The number of carbonyl (C=O) groups is 1. The zero-order chi connectivity index (χ0) is 16.3. The summed E-state index contributed by atoms with van der Waals surface area (Å²) >= 11 is 0. The van der Waals surface area contributed by atoms with Crippen LogP contribution in [0.5, 0.6) is 0 Å². The molecular weight excluding hydrogens is 262 g/mol. The van der Waals surface area contributed by atoms with Gasteiger partial charge in [-0.3, -0.25) is 0 Å². The SMILES string of the molecule is CCCCCCCCC(=O)[O-].CCC[NH+](CCC)CCC. The summed E-state index contributed by atoms with van der Waals surface area (Å²) in [7, 11) is 0. The molecule has 0 rings (SSSR count). The van der Waals surface area contributed by atoms with Crippen molar-refractivity contribution in [3.63, 3.8) is 0 Å². The zero-order valence-electron chi connectivity index (χ0n) is 15.0. The molecule has 0 heterocycles. The second kappa shape index (κ2) is 19.4. The van der Waals surface area contributed by atoms with E-state index < -0.39 is 5.97 Å². The third-order valence-electron chi connectivity index (χ3n) is 3.55. The fourth-order valence-corrected chi connectivity index (χ4v) is 2.49. The topological polar surface area (TPSA) is 44.6 Å². The highest BCUT2D eigenvalue weighted by molar-refractivity contribution is 5.63. The van der Waals surface area contributed by atoms with Crippen molar-refractivity contribution in [2.75, 3.05) is 19.6 Å². The number of nitrogens with one attached hydrogen (secondary N) is 1. The molecule has 0 aliphatic rings. The Morgan fingerprint density at radius 3 is 1.52 bits per heavy atom. The van der Waals surface area contributed by atoms with Crippen molar-refractivity contribution in [3.05, 3.63) is 0 Å². The van der Waals surface area contributed by atoms with Gasteiger partial charge in [-0.05, 0) is 32.1 Å². The maximum atomic E-state index is 9.98. The molecule has 0 fully saturated rings. The second-order valence-corrected chi connectivity index (χ2v) is 5.89. The molecule has 3 nitrogen and oxygen atoms in total. The fourth-order valence-electron chi connectivity index (χ4n) is 2.49. The summed E-state index contributed by atoms with van der Waals surface area (Å²) in [5.41, 5.74) is 0. The normalized spacial score (nSPS) is 10.3. The molecule has 128 valence electrons. The molecule has 0 aromatic carbocycles. The highest BCUT2D eigenvalue weighted by Gasteiger charge is 2.02. The van der Waals surface area contributed by atoms with E-state index in [1.807, 2.05) is 0 Å². The molecular formula is C18H39NO2. The number of carboxylic acids is 1. The van der Waals surface area contributed by atoms with Gasteiger partial charge in [0.05, 0.1) is 19.6 Å². The van der Waals surface area contributed by atoms with Crippen LogP contribution in [-0.2, 0) is 4.79 Å². The zero-order valence-corrected chi connectivity index (χ0v) is 15.0. The Kier molecular flexibility index (Phi) is 21.0. The molecule has 0 atom stereocenters. The van der Waals surface area contributed by atoms with Crippen molar-refractivity contribution in [1.82, 2.24) is 0 Å². The van der Waals surface area contributed by atoms with Gasteiger partial charge in [0.25, 0.3) is 0 Å². The highest BCUT2D eigenvalue weighted by Crippen LogP contribution is 2.05. The average molecular weight is 302 g/mol. The Bertz CT molecular complexity index is 193. The molecule has 21 heavy (non-hydrogen) atoms. The monoisotopic (exact) mass is 301 g/mol. The van der Waals surface area contributed by atoms with Crippen LogP contribution >= 0.6 is 0 Å². The highest BCUT2D eigenvalue weighted by atomic mass is 16.4. The van der Waals surface area contributed by atoms with Crippen LogP contribution in [0.2, 0.25) is 0 Å². The van der Waals surface area contributed by atoms with Crippen LogP contribution in [0.15, 0.2) is 0 Å². The van der Waals surface area contributed by atoms with Crippen LogP contribution in [0, 0.1) is 0 Å². The number of carboxylic acid groups (broad SMARTS) is 1. The van der Waals surface area contributed by atoms with E-state index >= 15 is 0 Å². The third kappa shape index (κ3) is 21.9. The Morgan fingerprint density at radius 1 is 0.714 bits per heavy atom. The standard InChI is InChI=1S/C9H21N.C9H18O2/c1-4-7-10(8-5-2)9-6-3;1-2-3-4-5-6-7-8-9(10)11/h4-9H2,1-3H3;2-8H2,1H3,(H,10,11). The molecule has 0 aliphatic carbocycles. The predicted octanol–water partition coefficient (Wildman–Crippen LogP) is 2.59. The molecule has 0 saturated carbocycles. The Hall–Kier alpha value is -0.570. The van der Waals surface area contributed by atoms with Crippen molar-refractivity contribution < 1.29 is 14.8 Å². The molecule has 0 aromatic rings. The Morgan fingerprint density at radius 2 is 1.14 bits per heavy atom. The maximum absolute atomic E-state index is 9.98. The molecule has 0 saturated heterocycles. The van der Waals surface area contributed by atoms with Gasteiger partial charge >= 0.3 is 0 Å². The summed E-state index contributed by atoms with van der Waals surface area (Å²) in [5, 5.41) is 9.98.